The van der Waals surface area contributed by atoms with Gasteiger partial charge in [0.05, 0.1) is 42.9 Å². The van der Waals surface area contributed by atoms with Crippen molar-refractivity contribution in [3.05, 3.63) is 221 Å². The number of morpholine rings is 1. The molecule has 15 heteroatoms. The molecule has 11 rings (SSSR count). The van der Waals surface area contributed by atoms with Gasteiger partial charge in [-0.05, 0) is 83.8 Å². The number of aliphatic hydroxyl groups excluding tert-OH is 1. The lowest BCUT2D eigenvalue weighted by Gasteiger charge is -2.46. The molecule has 0 aliphatic carbocycles. The molecule has 78 heavy (non-hydrogen) atoms. The first-order valence-corrected chi connectivity index (χ1v) is 26.4. The molecule has 0 radical (unpaired) electrons. The molecule has 4 aliphatic rings. The van der Waals surface area contributed by atoms with Gasteiger partial charge in [0, 0.05) is 50.7 Å². The highest BCUT2D eigenvalue weighted by Crippen LogP contribution is 2.66. The second kappa shape index (κ2) is 22.5. The number of hydrogen-bond acceptors (Lipinski definition) is 12. The maximum Gasteiger partial charge on any atom is 0.329 e. The van der Waals surface area contributed by atoms with Gasteiger partial charge in [0.25, 0.3) is 0 Å². The van der Waals surface area contributed by atoms with Crippen LogP contribution in [0.25, 0.3) is 0 Å². The van der Waals surface area contributed by atoms with Crippen molar-refractivity contribution in [1.82, 2.24) is 30.0 Å². The number of aromatic nitrogens is 2. The normalized spacial score (nSPS) is 22.1. The summed E-state index contributed by atoms with van der Waals surface area (Å²) in [6.07, 6.45) is 2.43. The number of carbonyl (C=O) groups is 4. The lowest BCUT2D eigenvalue weighted by Crippen LogP contribution is -2.59. The first-order chi connectivity index (χ1) is 38.1. The van der Waals surface area contributed by atoms with Crippen molar-refractivity contribution in [2.45, 2.75) is 49.2 Å². The molecule has 7 aromatic rings. The first-order valence-electron chi connectivity index (χ1n) is 26.4. The van der Waals surface area contributed by atoms with E-state index >= 15 is 19.2 Å². The summed E-state index contributed by atoms with van der Waals surface area (Å²) < 4.78 is 12.9. The highest BCUT2D eigenvalue weighted by molar-refractivity contribution is 6.24. The Morgan fingerprint density at radius 3 is 2.13 bits per heavy atom. The molecule has 3 fully saturated rings. The summed E-state index contributed by atoms with van der Waals surface area (Å²) in [6.45, 7) is 3.85. The van der Waals surface area contributed by atoms with Crippen molar-refractivity contribution >= 4 is 35.5 Å². The number of esters is 1. The van der Waals surface area contributed by atoms with Gasteiger partial charge in [-0.15, -0.1) is 0 Å². The van der Waals surface area contributed by atoms with Crippen LogP contribution in [-0.4, -0.2) is 113 Å². The number of imide groups is 1. The standard InChI is InChI=1S/C63H60N8O7/c1-43(46-21-9-4-10-22-46)66-62(76)70-52-30-29-44(20-16-33-67(2)42-45-18-7-3-8-19-45)40-51(52)63(60(70)75)53(58(73)68-34-36-69(37-35-68)61-64-31-17-32-65-61)55-59(74)78-56(48-25-13-6-14-26-48)54(47-23-11-5-12-24-47)71(55)57(63)49-27-15-28-50(41-49)77-39-38-72/h3-15,17-19,21-32,40-41,43,53-57,72H,33-39,42H2,1-2H3,(H,66,76)/t43-,53-,54-,55-,56+,57+,63-/m1/s1. The van der Waals surface area contributed by atoms with Gasteiger partial charge in [-0.1, -0.05) is 145 Å². The van der Waals surface area contributed by atoms with Crippen molar-refractivity contribution in [2.24, 2.45) is 5.92 Å². The first kappa shape index (κ1) is 51.4. The smallest absolute Gasteiger partial charge is 0.329 e. The number of rotatable bonds is 13. The second-order valence-electron chi connectivity index (χ2n) is 20.2. The molecule has 394 valence electrons. The van der Waals surface area contributed by atoms with Crippen molar-refractivity contribution < 1.29 is 33.8 Å². The summed E-state index contributed by atoms with van der Waals surface area (Å²) in [4.78, 5) is 82.8. The Morgan fingerprint density at radius 1 is 0.782 bits per heavy atom. The Hall–Kier alpha value is -8.68. The molecule has 4 aliphatic heterocycles. The van der Waals surface area contributed by atoms with Gasteiger partial charge in [-0.2, -0.15) is 0 Å². The Morgan fingerprint density at radius 2 is 1.44 bits per heavy atom. The van der Waals surface area contributed by atoms with Crippen molar-refractivity contribution in [1.29, 1.82) is 0 Å². The average molecular weight is 1040 g/mol. The fourth-order valence-electron chi connectivity index (χ4n) is 12.0. The predicted molar refractivity (Wildman–Crippen MR) is 295 cm³/mol. The minimum atomic E-state index is -2.01. The van der Waals surface area contributed by atoms with Crippen LogP contribution >= 0.6 is 0 Å². The number of nitrogens with one attached hydrogen (secondary N) is 1. The molecule has 5 heterocycles. The Balaban J connectivity index is 1.14. The molecule has 6 aromatic carbocycles. The molecule has 15 nitrogen and oxygen atoms in total. The van der Waals surface area contributed by atoms with E-state index in [9.17, 15) is 5.11 Å². The zero-order valence-electron chi connectivity index (χ0n) is 43.5. The predicted octanol–water partition coefficient (Wildman–Crippen LogP) is 7.82. The molecule has 0 unspecified atom stereocenters. The lowest BCUT2D eigenvalue weighted by molar-refractivity contribution is -0.179. The summed E-state index contributed by atoms with van der Waals surface area (Å²) in [7, 11) is 2.00. The number of ether oxygens (including phenoxy) is 2. The van der Waals surface area contributed by atoms with E-state index in [2.05, 4.69) is 44.2 Å². The van der Waals surface area contributed by atoms with Crippen LogP contribution in [0.5, 0.6) is 5.75 Å². The fraction of sp³-hybridized carbons (Fsp3) is 0.270. The van der Waals surface area contributed by atoms with Crippen LogP contribution in [-0.2, 0) is 31.1 Å². The van der Waals surface area contributed by atoms with Gasteiger partial charge in [0.2, 0.25) is 17.8 Å². The molecule has 0 bridgehead atoms. The maximum absolute atomic E-state index is 17.0. The van der Waals surface area contributed by atoms with Gasteiger partial charge in [0.15, 0.2) is 0 Å². The number of aliphatic hydroxyl groups is 1. The average Bonchev–Trinajstić information content (AvgIpc) is 3.71. The summed E-state index contributed by atoms with van der Waals surface area (Å²) in [6, 6.07) is 48.6. The van der Waals surface area contributed by atoms with Crippen LogP contribution in [0.4, 0.5) is 16.4 Å². The third-order valence-corrected chi connectivity index (χ3v) is 15.4. The summed E-state index contributed by atoms with van der Waals surface area (Å²) in [5.41, 5.74) is 3.14. The number of nitrogens with zero attached hydrogens (tertiary/aromatic N) is 7. The number of benzene rings is 6. The lowest BCUT2D eigenvalue weighted by atomic mass is 9.64. The van der Waals surface area contributed by atoms with Crippen LogP contribution in [0.1, 0.15) is 70.1 Å². The van der Waals surface area contributed by atoms with E-state index in [0.717, 1.165) is 16.7 Å². The minimum absolute atomic E-state index is 0.0142. The van der Waals surface area contributed by atoms with E-state index in [-0.39, 0.29) is 32.0 Å². The third kappa shape index (κ3) is 9.74. The van der Waals surface area contributed by atoms with E-state index in [1.807, 2.05) is 151 Å². The summed E-state index contributed by atoms with van der Waals surface area (Å²) in [5, 5.41) is 13.1. The number of anilines is 2. The number of fused-ring (bicyclic) bond motifs is 3. The van der Waals surface area contributed by atoms with E-state index in [4.69, 9.17) is 9.47 Å². The fourth-order valence-corrected chi connectivity index (χ4v) is 12.0. The summed E-state index contributed by atoms with van der Waals surface area (Å²) in [5.74, 6) is 4.35. The second-order valence-corrected chi connectivity index (χ2v) is 20.2. The number of cyclic esters (lactones) is 1. The molecular formula is C63H60N8O7. The molecule has 3 saturated heterocycles. The van der Waals surface area contributed by atoms with Crippen LogP contribution in [0.15, 0.2) is 182 Å². The van der Waals surface area contributed by atoms with Gasteiger partial charge in [0.1, 0.15) is 29.9 Å². The van der Waals surface area contributed by atoms with E-state index in [0.29, 0.717) is 60.1 Å². The highest BCUT2D eigenvalue weighted by atomic mass is 16.6. The Bertz CT molecular complexity index is 3340. The van der Waals surface area contributed by atoms with Gasteiger partial charge >= 0.3 is 12.0 Å². The SMILES string of the molecule is C[C@@H](NC(=O)N1C(=O)[C@@]2(c3cc(C#CCN(C)Cc4ccccc4)ccc31)[C@H](c1cccc(OCCO)c1)N1[C@H](c3ccccc3)[C@H](c3ccccc3)OC(=O)[C@H]1[C@@H]2C(=O)N1CCN(c2ncccn2)CC1)c1ccccc1. The molecule has 1 aromatic heterocycles. The number of amides is 4. The van der Waals surface area contributed by atoms with Crippen LogP contribution in [0.3, 0.4) is 0 Å². The van der Waals surface area contributed by atoms with E-state index in [1.165, 1.54) is 4.90 Å². The van der Waals surface area contributed by atoms with Crippen molar-refractivity contribution in [2.75, 3.05) is 62.8 Å². The Labute approximate surface area is 454 Å². The third-order valence-electron chi connectivity index (χ3n) is 15.4. The number of carbonyl (C=O) groups excluding carboxylic acids is 4. The zero-order chi connectivity index (χ0) is 53.8. The number of hydrogen-bond donors (Lipinski definition) is 2. The maximum atomic E-state index is 17.0. The Kier molecular flexibility index (Phi) is 14.8. The summed E-state index contributed by atoms with van der Waals surface area (Å²) >= 11 is 0. The number of piperazine rings is 1. The monoisotopic (exact) mass is 1040 g/mol. The van der Waals surface area contributed by atoms with Crippen LogP contribution < -0.4 is 19.9 Å². The van der Waals surface area contributed by atoms with Gasteiger partial charge < -0.3 is 29.7 Å². The van der Waals surface area contributed by atoms with E-state index < -0.39 is 65.4 Å². The minimum Gasteiger partial charge on any atom is -0.491 e. The molecule has 7 atom stereocenters. The molecular weight excluding hydrogens is 981 g/mol. The van der Waals surface area contributed by atoms with Gasteiger partial charge in [-0.25, -0.2) is 19.7 Å². The molecule has 2 N–H and O–H groups in total. The molecule has 4 amide bonds. The topological polar surface area (TPSA) is 161 Å². The zero-order valence-corrected chi connectivity index (χ0v) is 43.5. The van der Waals surface area contributed by atoms with Crippen LogP contribution in [0, 0.1) is 17.8 Å². The van der Waals surface area contributed by atoms with E-state index in [1.54, 1.807) is 47.6 Å². The molecule has 1 spiro atoms. The quantitative estimate of drug-likeness (QED) is 0.0853. The number of urea groups is 1. The van der Waals surface area contributed by atoms with Gasteiger partial charge in [-0.3, -0.25) is 24.2 Å². The highest BCUT2D eigenvalue weighted by Gasteiger charge is 2.76. The largest absolute Gasteiger partial charge is 0.491 e. The van der Waals surface area contributed by atoms with Crippen molar-refractivity contribution in [3.8, 4) is 17.6 Å². The van der Waals surface area contributed by atoms with Crippen LogP contribution in [0.2, 0.25) is 0 Å². The molecule has 0 saturated carbocycles. The van der Waals surface area contributed by atoms with Crippen molar-refractivity contribution in [3.63, 3.8) is 0 Å².